The van der Waals surface area contributed by atoms with Gasteiger partial charge in [-0.2, -0.15) is 0 Å². The summed E-state index contributed by atoms with van der Waals surface area (Å²) in [7, 11) is 0. The molecule has 0 bridgehead atoms. The standard InChI is InChI=1S/C8H14FN/c9-5-8-3-1-2-7(8)4-10-6-8/h7,10H,1-6H2. The molecule has 1 nitrogen and oxygen atoms in total. The Morgan fingerprint density at radius 2 is 2.50 bits per heavy atom. The molecule has 10 heavy (non-hydrogen) atoms. The summed E-state index contributed by atoms with van der Waals surface area (Å²) < 4.78 is 12.6. The summed E-state index contributed by atoms with van der Waals surface area (Å²) in [4.78, 5) is 0. The number of halogens is 1. The van der Waals surface area contributed by atoms with E-state index in [9.17, 15) is 4.39 Å². The zero-order valence-electron chi connectivity index (χ0n) is 6.20. The van der Waals surface area contributed by atoms with Crippen molar-refractivity contribution in [2.75, 3.05) is 19.8 Å². The molecule has 0 amide bonds. The summed E-state index contributed by atoms with van der Waals surface area (Å²) in [6.07, 6.45) is 3.61. The van der Waals surface area contributed by atoms with E-state index >= 15 is 0 Å². The lowest BCUT2D eigenvalue weighted by atomic mass is 9.82. The van der Waals surface area contributed by atoms with E-state index in [0.29, 0.717) is 5.92 Å². The predicted octanol–water partition coefficient (Wildman–Crippen LogP) is 1.35. The van der Waals surface area contributed by atoms with Gasteiger partial charge in [-0.15, -0.1) is 0 Å². The van der Waals surface area contributed by atoms with E-state index in [2.05, 4.69) is 5.32 Å². The first kappa shape index (κ1) is 6.59. The second-order valence-electron chi connectivity index (χ2n) is 3.72. The highest BCUT2D eigenvalue weighted by atomic mass is 19.1. The molecule has 1 saturated carbocycles. The smallest absolute Gasteiger partial charge is 0.0965 e. The lowest BCUT2D eigenvalue weighted by Gasteiger charge is -2.23. The summed E-state index contributed by atoms with van der Waals surface area (Å²) >= 11 is 0. The number of hydrogen-bond donors (Lipinski definition) is 1. The van der Waals surface area contributed by atoms with Crippen LogP contribution in [0.1, 0.15) is 19.3 Å². The molecule has 2 rings (SSSR count). The maximum Gasteiger partial charge on any atom is 0.0965 e. The van der Waals surface area contributed by atoms with Crippen molar-refractivity contribution in [2.45, 2.75) is 19.3 Å². The van der Waals surface area contributed by atoms with Gasteiger partial charge in [-0.1, -0.05) is 6.42 Å². The molecular weight excluding hydrogens is 129 g/mol. The topological polar surface area (TPSA) is 12.0 Å². The Labute approximate surface area is 61.0 Å². The average molecular weight is 143 g/mol. The van der Waals surface area contributed by atoms with Crippen LogP contribution < -0.4 is 5.32 Å². The van der Waals surface area contributed by atoms with Crippen molar-refractivity contribution >= 4 is 0 Å². The first-order valence-electron chi connectivity index (χ1n) is 4.14. The van der Waals surface area contributed by atoms with Gasteiger partial charge in [-0.3, -0.25) is 4.39 Å². The van der Waals surface area contributed by atoms with Crippen molar-refractivity contribution in [3.63, 3.8) is 0 Å². The molecule has 58 valence electrons. The monoisotopic (exact) mass is 143 g/mol. The van der Waals surface area contributed by atoms with Crippen molar-refractivity contribution in [3.8, 4) is 0 Å². The van der Waals surface area contributed by atoms with Crippen LogP contribution in [-0.2, 0) is 0 Å². The predicted molar refractivity (Wildman–Crippen MR) is 38.6 cm³/mol. The van der Waals surface area contributed by atoms with Crippen molar-refractivity contribution in [2.24, 2.45) is 11.3 Å². The Balaban J connectivity index is 2.15. The molecule has 1 heterocycles. The lowest BCUT2D eigenvalue weighted by Crippen LogP contribution is -2.27. The van der Waals surface area contributed by atoms with Gasteiger partial charge in [0.25, 0.3) is 0 Å². The van der Waals surface area contributed by atoms with Crippen molar-refractivity contribution < 1.29 is 4.39 Å². The van der Waals surface area contributed by atoms with E-state index in [4.69, 9.17) is 0 Å². The quantitative estimate of drug-likeness (QED) is 0.584. The molecule has 2 atom stereocenters. The Kier molecular flexibility index (Phi) is 1.44. The molecule has 0 spiro atoms. The van der Waals surface area contributed by atoms with Gasteiger partial charge >= 0.3 is 0 Å². The number of hydrogen-bond acceptors (Lipinski definition) is 1. The van der Waals surface area contributed by atoms with Gasteiger partial charge < -0.3 is 5.32 Å². The van der Waals surface area contributed by atoms with Gasteiger partial charge in [-0.25, -0.2) is 0 Å². The molecule has 1 aliphatic carbocycles. The molecule has 0 radical (unpaired) electrons. The van der Waals surface area contributed by atoms with E-state index in [-0.39, 0.29) is 12.1 Å². The fraction of sp³-hybridized carbons (Fsp3) is 1.00. The minimum atomic E-state index is -0.106. The van der Waals surface area contributed by atoms with Crippen LogP contribution in [0.25, 0.3) is 0 Å². The fourth-order valence-electron chi connectivity index (χ4n) is 2.48. The van der Waals surface area contributed by atoms with Gasteiger partial charge in [-0.05, 0) is 25.3 Å². The third kappa shape index (κ3) is 0.715. The normalized spacial score (nSPS) is 45.9. The SMILES string of the molecule is FCC12CCCC1CNC2. The third-order valence-corrected chi connectivity index (χ3v) is 3.23. The van der Waals surface area contributed by atoms with E-state index in [1.54, 1.807) is 0 Å². The van der Waals surface area contributed by atoms with Crippen LogP contribution in [0.15, 0.2) is 0 Å². The molecule has 1 aliphatic heterocycles. The van der Waals surface area contributed by atoms with E-state index in [1.807, 2.05) is 0 Å². The average Bonchev–Trinajstić information content (AvgIpc) is 2.42. The van der Waals surface area contributed by atoms with Crippen molar-refractivity contribution in [1.29, 1.82) is 0 Å². The van der Waals surface area contributed by atoms with Crippen LogP contribution in [-0.4, -0.2) is 19.8 Å². The zero-order chi connectivity index (χ0) is 7.03. The number of rotatable bonds is 1. The summed E-state index contributed by atoms with van der Waals surface area (Å²) in [6.45, 7) is 1.88. The first-order chi connectivity index (χ1) is 4.87. The summed E-state index contributed by atoms with van der Waals surface area (Å²) in [5.74, 6) is 0.650. The largest absolute Gasteiger partial charge is 0.316 e. The van der Waals surface area contributed by atoms with Crippen LogP contribution in [0, 0.1) is 11.3 Å². The van der Waals surface area contributed by atoms with Gasteiger partial charge in [0.1, 0.15) is 0 Å². The summed E-state index contributed by atoms with van der Waals surface area (Å²) in [6, 6.07) is 0. The molecule has 2 unspecified atom stereocenters. The molecular formula is C8H14FN. The second-order valence-corrected chi connectivity index (χ2v) is 3.72. The molecule has 1 N–H and O–H groups in total. The van der Waals surface area contributed by atoms with Crippen LogP contribution >= 0.6 is 0 Å². The van der Waals surface area contributed by atoms with Gasteiger partial charge in [0.05, 0.1) is 6.67 Å². The highest BCUT2D eigenvalue weighted by Crippen LogP contribution is 2.45. The molecule has 2 aliphatic rings. The minimum Gasteiger partial charge on any atom is -0.316 e. The number of fused-ring (bicyclic) bond motifs is 1. The minimum absolute atomic E-state index is 0.0694. The van der Waals surface area contributed by atoms with Crippen LogP contribution in [0.3, 0.4) is 0 Å². The first-order valence-corrected chi connectivity index (χ1v) is 4.14. The van der Waals surface area contributed by atoms with Gasteiger partial charge in [0.2, 0.25) is 0 Å². The molecule has 0 aromatic rings. The Bertz CT molecular complexity index is 125. The molecule has 0 aromatic carbocycles. The van der Waals surface area contributed by atoms with Crippen molar-refractivity contribution in [3.05, 3.63) is 0 Å². The maximum atomic E-state index is 12.6. The summed E-state index contributed by atoms with van der Waals surface area (Å²) in [5.41, 5.74) is 0.0694. The highest BCUT2D eigenvalue weighted by Gasteiger charge is 2.45. The van der Waals surface area contributed by atoms with Gasteiger partial charge in [0, 0.05) is 12.0 Å². The number of alkyl halides is 1. The Morgan fingerprint density at radius 1 is 1.60 bits per heavy atom. The van der Waals surface area contributed by atoms with Crippen LogP contribution in [0.2, 0.25) is 0 Å². The Morgan fingerprint density at radius 3 is 3.20 bits per heavy atom. The van der Waals surface area contributed by atoms with Crippen molar-refractivity contribution in [1.82, 2.24) is 5.32 Å². The highest BCUT2D eigenvalue weighted by molar-refractivity contribution is 4.98. The number of nitrogens with one attached hydrogen (secondary N) is 1. The fourth-order valence-corrected chi connectivity index (χ4v) is 2.48. The van der Waals surface area contributed by atoms with Crippen LogP contribution in [0.4, 0.5) is 4.39 Å². The van der Waals surface area contributed by atoms with E-state index < -0.39 is 0 Å². The molecule has 2 heteroatoms. The molecule has 1 saturated heterocycles. The zero-order valence-corrected chi connectivity index (χ0v) is 6.20. The third-order valence-electron chi connectivity index (χ3n) is 3.23. The lowest BCUT2D eigenvalue weighted by molar-refractivity contribution is 0.195. The van der Waals surface area contributed by atoms with E-state index in [0.717, 1.165) is 19.5 Å². The van der Waals surface area contributed by atoms with Gasteiger partial charge in [0.15, 0.2) is 0 Å². The maximum absolute atomic E-state index is 12.6. The Hall–Kier alpha value is -0.110. The van der Waals surface area contributed by atoms with E-state index in [1.165, 1.54) is 12.8 Å². The molecule has 2 fully saturated rings. The second kappa shape index (κ2) is 2.19. The summed E-state index contributed by atoms with van der Waals surface area (Å²) in [5, 5.41) is 3.28. The van der Waals surface area contributed by atoms with Crippen LogP contribution in [0.5, 0.6) is 0 Å². The molecule has 0 aromatic heterocycles.